The Morgan fingerprint density at radius 2 is 1.84 bits per heavy atom. The zero-order valence-electron chi connectivity index (χ0n) is 11.3. The number of rotatable bonds is 5. The lowest BCUT2D eigenvalue weighted by Crippen LogP contribution is -2.07. The first-order valence-electron chi connectivity index (χ1n) is 5.96. The van der Waals surface area contributed by atoms with Crippen molar-refractivity contribution >= 4 is 0 Å². The van der Waals surface area contributed by atoms with Gasteiger partial charge in [-0.3, -0.25) is 9.97 Å². The van der Waals surface area contributed by atoms with Gasteiger partial charge in [-0.1, -0.05) is 0 Å². The lowest BCUT2D eigenvalue weighted by atomic mass is 10.0. The molecular formula is C14H17N3O2. The van der Waals surface area contributed by atoms with Gasteiger partial charge in [-0.15, -0.1) is 0 Å². The van der Waals surface area contributed by atoms with E-state index < -0.39 is 0 Å². The summed E-state index contributed by atoms with van der Waals surface area (Å²) in [6, 6.07) is 3.88. The minimum absolute atomic E-state index is 0.683. The van der Waals surface area contributed by atoms with Gasteiger partial charge in [0.2, 0.25) is 0 Å². The second kappa shape index (κ2) is 6.15. The molecule has 0 aliphatic carbocycles. The highest BCUT2D eigenvalue weighted by molar-refractivity contribution is 5.67. The van der Waals surface area contributed by atoms with Crippen LogP contribution in [0.25, 0.3) is 11.3 Å². The van der Waals surface area contributed by atoms with Crippen molar-refractivity contribution in [2.75, 3.05) is 21.3 Å². The molecule has 0 unspecified atom stereocenters. The molecule has 2 rings (SSSR count). The average molecular weight is 259 g/mol. The summed E-state index contributed by atoms with van der Waals surface area (Å²) in [5.41, 5.74) is 2.88. The van der Waals surface area contributed by atoms with Gasteiger partial charge in [-0.2, -0.15) is 0 Å². The normalized spacial score (nSPS) is 10.3. The standard InChI is InChI=1S/C14H17N3O2/c1-15-8-10-6-13(18-2)14(19-3)7-11(10)12-9-16-4-5-17-12/h4-7,9,15H,8H2,1-3H3. The third-order valence-electron chi connectivity index (χ3n) is 2.82. The van der Waals surface area contributed by atoms with Crippen LogP contribution in [-0.4, -0.2) is 31.2 Å². The van der Waals surface area contributed by atoms with Crippen LogP contribution in [0.5, 0.6) is 11.5 Å². The summed E-state index contributed by atoms with van der Waals surface area (Å²) in [5, 5.41) is 3.14. The van der Waals surface area contributed by atoms with Crippen molar-refractivity contribution in [3.05, 3.63) is 36.3 Å². The summed E-state index contributed by atoms with van der Waals surface area (Å²) >= 11 is 0. The monoisotopic (exact) mass is 259 g/mol. The Morgan fingerprint density at radius 1 is 1.11 bits per heavy atom. The average Bonchev–Trinajstić information content (AvgIpc) is 2.48. The van der Waals surface area contributed by atoms with Crippen molar-refractivity contribution in [2.24, 2.45) is 0 Å². The van der Waals surface area contributed by atoms with Gasteiger partial charge in [-0.25, -0.2) is 0 Å². The molecule has 0 saturated heterocycles. The van der Waals surface area contributed by atoms with Gasteiger partial charge >= 0.3 is 0 Å². The number of benzene rings is 1. The Morgan fingerprint density at radius 3 is 2.42 bits per heavy atom. The minimum Gasteiger partial charge on any atom is -0.493 e. The van der Waals surface area contributed by atoms with Crippen molar-refractivity contribution in [1.82, 2.24) is 15.3 Å². The first kappa shape index (κ1) is 13.3. The Labute approximate surface area is 112 Å². The second-order valence-corrected chi connectivity index (χ2v) is 3.99. The Balaban J connectivity index is 2.57. The highest BCUT2D eigenvalue weighted by Gasteiger charge is 2.13. The van der Waals surface area contributed by atoms with Gasteiger partial charge < -0.3 is 14.8 Å². The van der Waals surface area contributed by atoms with E-state index >= 15 is 0 Å². The lowest BCUT2D eigenvalue weighted by Gasteiger charge is -2.14. The molecule has 1 aromatic heterocycles. The van der Waals surface area contributed by atoms with E-state index in [2.05, 4.69) is 15.3 Å². The van der Waals surface area contributed by atoms with Crippen LogP contribution in [0.4, 0.5) is 0 Å². The minimum atomic E-state index is 0.683. The van der Waals surface area contributed by atoms with Crippen molar-refractivity contribution in [2.45, 2.75) is 6.54 Å². The van der Waals surface area contributed by atoms with E-state index in [-0.39, 0.29) is 0 Å². The zero-order valence-corrected chi connectivity index (χ0v) is 11.3. The topological polar surface area (TPSA) is 56.3 Å². The molecule has 100 valence electrons. The van der Waals surface area contributed by atoms with Crippen LogP contribution in [0.1, 0.15) is 5.56 Å². The molecule has 0 aliphatic rings. The fraction of sp³-hybridized carbons (Fsp3) is 0.286. The second-order valence-electron chi connectivity index (χ2n) is 3.99. The molecule has 0 aliphatic heterocycles. The highest BCUT2D eigenvalue weighted by atomic mass is 16.5. The van der Waals surface area contributed by atoms with Crippen LogP contribution in [0.15, 0.2) is 30.7 Å². The predicted octanol–water partition coefficient (Wildman–Crippen LogP) is 1.88. The maximum atomic E-state index is 5.34. The quantitative estimate of drug-likeness (QED) is 0.888. The van der Waals surface area contributed by atoms with Gasteiger partial charge in [0.25, 0.3) is 0 Å². The number of hydrogen-bond acceptors (Lipinski definition) is 5. The zero-order chi connectivity index (χ0) is 13.7. The van der Waals surface area contributed by atoms with Crippen LogP contribution in [0, 0.1) is 0 Å². The van der Waals surface area contributed by atoms with E-state index in [1.807, 2.05) is 19.2 Å². The highest BCUT2D eigenvalue weighted by Crippen LogP contribution is 2.34. The number of ether oxygens (including phenoxy) is 2. The Bertz CT molecular complexity index is 544. The summed E-state index contributed by atoms with van der Waals surface area (Å²) in [5.74, 6) is 1.39. The molecule has 19 heavy (non-hydrogen) atoms. The van der Waals surface area contributed by atoms with Gasteiger partial charge in [0.15, 0.2) is 11.5 Å². The summed E-state index contributed by atoms with van der Waals surface area (Å²) < 4.78 is 10.7. The van der Waals surface area contributed by atoms with E-state index in [1.165, 1.54) is 0 Å². The third-order valence-corrected chi connectivity index (χ3v) is 2.82. The fourth-order valence-corrected chi connectivity index (χ4v) is 1.93. The maximum Gasteiger partial charge on any atom is 0.161 e. The third kappa shape index (κ3) is 2.82. The van der Waals surface area contributed by atoms with Crippen molar-refractivity contribution in [1.29, 1.82) is 0 Å². The van der Waals surface area contributed by atoms with Gasteiger partial charge in [-0.05, 0) is 24.7 Å². The first-order chi connectivity index (χ1) is 9.30. The molecule has 0 atom stereocenters. The number of methoxy groups -OCH3 is 2. The van der Waals surface area contributed by atoms with Gasteiger partial charge in [0.1, 0.15) is 0 Å². The van der Waals surface area contributed by atoms with Crippen LogP contribution in [0.2, 0.25) is 0 Å². The molecule has 0 fully saturated rings. The fourth-order valence-electron chi connectivity index (χ4n) is 1.93. The van der Waals surface area contributed by atoms with Crippen molar-refractivity contribution < 1.29 is 9.47 Å². The molecule has 0 amide bonds. The molecule has 2 aromatic rings. The number of nitrogens with one attached hydrogen (secondary N) is 1. The maximum absolute atomic E-state index is 5.34. The molecule has 0 bridgehead atoms. The van der Waals surface area contributed by atoms with Crippen LogP contribution >= 0.6 is 0 Å². The summed E-state index contributed by atoms with van der Waals surface area (Å²) in [4.78, 5) is 8.44. The SMILES string of the molecule is CNCc1cc(OC)c(OC)cc1-c1cnccn1. The molecule has 5 heteroatoms. The Kier molecular flexibility index (Phi) is 4.30. The van der Waals surface area contributed by atoms with Gasteiger partial charge in [0.05, 0.1) is 26.1 Å². The van der Waals surface area contributed by atoms with Crippen LogP contribution < -0.4 is 14.8 Å². The van der Waals surface area contributed by atoms with E-state index in [1.54, 1.807) is 32.8 Å². The molecule has 1 N–H and O–H groups in total. The molecule has 0 spiro atoms. The van der Waals surface area contributed by atoms with Crippen molar-refractivity contribution in [3.63, 3.8) is 0 Å². The molecule has 0 saturated carbocycles. The molecule has 5 nitrogen and oxygen atoms in total. The lowest BCUT2D eigenvalue weighted by molar-refractivity contribution is 0.354. The predicted molar refractivity (Wildman–Crippen MR) is 73.3 cm³/mol. The van der Waals surface area contributed by atoms with Crippen LogP contribution in [-0.2, 0) is 6.54 Å². The van der Waals surface area contributed by atoms with Gasteiger partial charge in [0, 0.05) is 24.5 Å². The van der Waals surface area contributed by atoms with Crippen molar-refractivity contribution in [3.8, 4) is 22.8 Å². The van der Waals surface area contributed by atoms with E-state index in [0.717, 1.165) is 16.8 Å². The van der Waals surface area contributed by atoms with Crippen LogP contribution in [0.3, 0.4) is 0 Å². The summed E-state index contributed by atoms with van der Waals surface area (Å²) in [7, 11) is 5.15. The van der Waals surface area contributed by atoms with E-state index in [0.29, 0.717) is 18.0 Å². The smallest absolute Gasteiger partial charge is 0.161 e. The summed E-state index contributed by atoms with van der Waals surface area (Å²) in [6.45, 7) is 0.715. The van der Waals surface area contributed by atoms with E-state index in [9.17, 15) is 0 Å². The number of aromatic nitrogens is 2. The van der Waals surface area contributed by atoms with E-state index in [4.69, 9.17) is 9.47 Å². The molecular weight excluding hydrogens is 242 g/mol. The number of hydrogen-bond donors (Lipinski definition) is 1. The Hall–Kier alpha value is -2.14. The molecule has 1 heterocycles. The largest absolute Gasteiger partial charge is 0.493 e. The molecule has 1 aromatic carbocycles. The molecule has 0 radical (unpaired) electrons. The number of nitrogens with zero attached hydrogens (tertiary/aromatic N) is 2. The first-order valence-corrected chi connectivity index (χ1v) is 5.96. The summed E-state index contributed by atoms with van der Waals surface area (Å²) in [6.07, 6.45) is 5.07.